The quantitative estimate of drug-likeness (QED) is 0.725. The predicted octanol–water partition coefficient (Wildman–Crippen LogP) is 4.17. The minimum Gasteiger partial charge on any atom is -0.464 e. The van der Waals surface area contributed by atoms with Gasteiger partial charge in [-0.3, -0.25) is 0 Å². The summed E-state index contributed by atoms with van der Waals surface area (Å²) in [5.41, 5.74) is 2.03. The molecule has 2 unspecified atom stereocenters. The molecule has 0 amide bonds. The number of hydrogen-bond donors (Lipinski definition) is 0. The van der Waals surface area contributed by atoms with Crippen molar-refractivity contribution in [3.63, 3.8) is 0 Å². The molecular weight excluding hydrogens is 376 g/mol. The van der Waals surface area contributed by atoms with Crippen LogP contribution in [-0.4, -0.2) is 18.7 Å². The van der Waals surface area contributed by atoms with Crippen LogP contribution >= 0.6 is 31.9 Å². The second kappa shape index (κ2) is 6.37. The molecule has 2 rings (SSSR count). The van der Waals surface area contributed by atoms with Gasteiger partial charge in [0.25, 0.3) is 0 Å². The van der Waals surface area contributed by atoms with Crippen molar-refractivity contribution in [2.24, 2.45) is 0 Å². The lowest BCUT2D eigenvalue weighted by Gasteiger charge is -2.31. The number of carbonyl (C=O) groups is 1. The number of carbonyl (C=O) groups excluding carboxylic acids is 1. The van der Waals surface area contributed by atoms with Gasteiger partial charge in [0.1, 0.15) is 0 Å². The van der Waals surface area contributed by atoms with Crippen LogP contribution in [0.5, 0.6) is 0 Å². The van der Waals surface area contributed by atoms with Gasteiger partial charge >= 0.3 is 5.97 Å². The lowest BCUT2D eigenvalue weighted by atomic mass is 9.93. The summed E-state index contributed by atoms with van der Waals surface area (Å²) >= 11 is 7.02. The van der Waals surface area contributed by atoms with Crippen LogP contribution in [0.4, 0.5) is 0 Å². The van der Waals surface area contributed by atoms with E-state index in [0.29, 0.717) is 6.61 Å². The minimum atomic E-state index is -0.623. The Hall–Kier alpha value is -0.390. The smallest absolute Gasteiger partial charge is 0.339 e. The van der Waals surface area contributed by atoms with E-state index in [9.17, 15) is 4.79 Å². The Morgan fingerprint density at radius 3 is 2.79 bits per heavy atom. The molecule has 0 aromatic heterocycles. The van der Waals surface area contributed by atoms with E-state index in [1.165, 1.54) is 0 Å². The standard InChI is InChI=1S/C14H16Br2O3/c1-3-9-7-10-11(5-8(15)6-12(10)16)13(19-9)14(17)18-4-2/h5-6,9,13H,3-4,7H2,1-2H3. The fraction of sp³-hybridized carbons (Fsp3) is 0.500. The highest BCUT2D eigenvalue weighted by Crippen LogP contribution is 2.38. The van der Waals surface area contributed by atoms with E-state index in [0.717, 1.165) is 32.9 Å². The number of ether oxygens (including phenoxy) is 2. The summed E-state index contributed by atoms with van der Waals surface area (Å²) in [6.45, 7) is 4.22. The van der Waals surface area contributed by atoms with Crippen LogP contribution in [0.3, 0.4) is 0 Å². The maximum absolute atomic E-state index is 12.1. The average Bonchev–Trinajstić information content (AvgIpc) is 2.38. The van der Waals surface area contributed by atoms with Gasteiger partial charge in [-0.15, -0.1) is 0 Å². The first-order valence-electron chi connectivity index (χ1n) is 6.36. The molecule has 3 nitrogen and oxygen atoms in total. The molecular formula is C14H16Br2O3. The number of esters is 1. The summed E-state index contributed by atoms with van der Waals surface area (Å²) in [6, 6.07) is 3.94. The highest BCUT2D eigenvalue weighted by atomic mass is 79.9. The van der Waals surface area contributed by atoms with E-state index in [1.54, 1.807) is 6.92 Å². The summed E-state index contributed by atoms with van der Waals surface area (Å²) in [4.78, 5) is 12.1. The SMILES string of the molecule is CCOC(=O)C1OC(CC)Cc2c(Br)cc(Br)cc21. The van der Waals surface area contributed by atoms with E-state index in [2.05, 4.69) is 38.8 Å². The van der Waals surface area contributed by atoms with Crippen molar-refractivity contribution < 1.29 is 14.3 Å². The molecule has 1 aromatic rings. The summed E-state index contributed by atoms with van der Waals surface area (Å²) in [5, 5.41) is 0. The summed E-state index contributed by atoms with van der Waals surface area (Å²) in [7, 11) is 0. The third-order valence-corrected chi connectivity index (χ3v) is 4.36. The molecule has 0 aliphatic carbocycles. The largest absolute Gasteiger partial charge is 0.464 e. The van der Waals surface area contributed by atoms with E-state index in [-0.39, 0.29) is 12.1 Å². The topological polar surface area (TPSA) is 35.5 Å². The Kier molecular flexibility index (Phi) is 5.03. The van der Waals surface area contributed by atoms with Crippen molar-refractivity contribution in [3.05, 3.63) is 32.2 Å². The normalized spacial score (nSPS) is 21.9. The third kappa shape index (κ3) is 3.20. The number of benzene rings is 1. The molecule has 1 aliphatic heterocycles. The Labute approximate surface area is 129 Å². The zero-order chi connectivity index (χ0) is 14.0. The van der Waals surface area contributed by atoms with Gasteiger partial charge in [-0.2, -0.15) is 0 Å². The maximum atomic E-state index is 12.1. The van der Waals surface area contributed by atoms with E-state index in [4.69, 9.17) is 9.47 Å². The van der Waals surface area contributed by atoms with Gasteiger partial charge in [-0.25, -0.2) is 4.79 Å². The molecule has 0 bridgehead atoms. The molecule has 19 heavy (non-hydrogen) atoms. The Balaban J connectivity index is 2.43. The fourth-order valence-corrected chi connectivity index (χ4v) is 3.68. The molecule has 104 valence electrons. The lowest BCUT2D eigenvalue weighted by molar-refractivity contribution is -0.163. The van der Waals surface area contributed by atoms with Crippen LogP contribution in [0.15, 0.2) is 21.1 Å². The van der Waals surface area contributed by atoms with Crippen LogP contribution in [0.25, 0.3) is 0 Å². The molecule has 0 fully saturated rings. The van der Waals surface area contributed by atoms with Crippen LogP contribution in [0, 0.1) is 0 Å². The van der Waals surface area contributed by atoms with Crippen LogP contribution in [0.2, 0.25) is 0 Å². The zero-order valence-corrected chi connectivity index (χ0v) is 14.1. The van der Waals surface area contributed by atoms with Crippen molar-refractivity contribution in [2.75, 3.05) is 6.61 Å². The maximum Gasteiger partial charge on any atom is 0.339 e. The van der Waals surface area contributed by atoms with Gasteiger partial charge in [0, 0.05) is 15.4 Å². The molecule has 0 radical (unpaired) electrons. The van der Waals surface area contributed by atoms with Crippen molar-refractivity contribution in [2.45, 2.75) is 38.9 Å². The number of hydrogen-bond acceptors (Lipinski definition) is 3. The Morgan fingerprint density at radius 2 is 2.16 bits per heavy atom. The molecule has 1 heterocycles. The van der Waals surface area contributed by atoms with Gasteiger partial charge in [0.05, 0.1) is 12.7 Å². The van der Waals surface area contributed by atoms with E-state index >= 15 is 0 Å². The van der Waals surface area contributed by atoms with E-state index in [1.807, 2.05) is 12.1 Å². The molecule has 0 spiro atoms. The average molecular weight is 392 g/mol. The number of rotatable bonds is 3. The molecule has 0 saturated carbocycles. The summed E-state index contributed by atoms with van der Waals surface area (Å²) in [6.07, 6.45) is 1.12. The Bertz CT molecular complexity index is 488. The lowest BCUT2D eigenvalue weighted by Crippen LogP contribution is -2.31. The first-order chi connectivity index (χ1) is 9.06. The molecule has 1 aromatic carbocycles. The second-order valence-electron chi connectivity index (χ2n) is 4.46. The first kappa shape index (κ1) is 15.0. The van der Waals surface area contributed by atoms with Crippen molar-refractivity contribution in [3.8, 4) is 0 Å². The molecule has 5 heteroatoms. The predicted molar refractivity (Wildman–Crippen MR) is 80.1 cm³/mol. The third-order valence-electron chi connectivity index (χ3n) is 3.19. The van der Waals surface area contributed by atoms with Crippen molar-refractivity contribution >= 4 is 37.8 Å². The van der Waals surface area contributed by atoms with Crippen molar-refractivity contribution in [1.82, 2.24) is 0 Å². The molecule has 1 aliphatic rings. The molecule has 0 N–H and O–H groups in total. The second-order valence-corrected chi connectivity index (χ2v) is 6.23. The van der Waals surface area contributed by atoms with Gasteiger partial charge in [-0.05, 0) is 36.6 Å². The van der Waals surface area contributed by atoms with Crippen LogP contribution in [-0.2, 0) is 20.7 Å². The highest BCUT2D eigenvalue weighted by Gasteiger charge is 2.34. The first-order valence-corrected chi connectivity index (χ1v) is 7.95. The summed E-state index contributed by atoms with van der Waals surface area (Å²) < 4.78 is 12.9. The molecule has 0 saturated heterocycles. The van der Waals surface area contributed by atoms with Gasteiger partial charge in [-0.1, -0.05) is 38.8 Å². The minimum absolute atomic E-state index is 0.0550. The van der Waals surface area contributed by atoms with Gasteiger partial charge in [0.15, 0.2) is 6.10 Å². The van der Waals surface area contributed by atoms with E-state index < -0.39 is 6.10 Å². The molecule has 2 atom stereocenters. The zero-order valence-electron chi connectivity index (χ0n) is 10.9. The fourth-order valence-electron chi connectivity index (χ4n) is 2.26. The van der Waals surface area contributed by atoms with Gasteiger partial charge < -0.3 is 9.47 Å². The highest BCUT2D eigenvalue weighted by molar-refractivity contribution is 9.11. The number of halogens is 2. The van der Waals surface area contributed by atoms with Gasteiger partial charge in [0.2, 0.25) is 0 Å². The Morgan fingerprint density at radius 1 is 1.42 bits per heavy atom. The number of fused-ring (bicyclic) bond motifs is 1. The van der Waals surface area contributed by atoms with Crippen molar-refractivity contribution in [1.29, 1.82) is 0 Å². The van der Waals surface area contributed by atoms with Crippen LogP contribution < -0.4 is 0 Å². The monoisotopic (exact) mass is 390 g/mol. The summed E-state index contributed by atoms with van der Waals surface area (Å²) in [5.74, 6) is -0.313. The van der Waals surface area contributed by atoms with Crippen LogP contribution in [0.1, 0.15) is 37.5 Å².